The summed E-state index contributed by atoms with van der Waals surface area (Å²) in [4.78, 5) is 0. The second-order valence-corrected chi connectivity index (χ2v) is 7.05. The third-order valence-corrected chi connectivity index (χ3v) is 5.49. The van der Waals surface area contributed by atoms with Crippen LogP contribution in [-0.4, -0.2) is 31.1 Å². The Morgan fingerprint density at radius 2 is 1.88 bits per heavy atom. The van der Waals surface area contributed by atoms with Crippen LogP contribution in [0.2, 0.25) is 0 Å². The highest BCUT2D eigenvalue weighted by Crippen LogP contribution is 2.26. The molecule has 0 radical (unpaired) electrons. The first kappa shape index (κ1) is 14.5. The van der Waals surface area contributed by atoms with Crippen LogP contribution in [0.4, 0.5) is 0 Å². The van der Waals surface area contributed by atoms with Gasteiger partial charge < -0.3 is 0 Å². The molecule has 0 aromatic carbocycles. The minimum absolute atomic E-state index is 0.0350. The molecule has 0 atom stereocenters. The Labute approximate surface area is 105 Å². The third-order valence-electron chi connectivity index (χ3n) is 3.33. The Balaban J connectivity index is 2.67. The summed E-state index contributed by atoms with van der Waals surface area (Å²) in [5.41, 5.74) is 0. The number of nitrogens with zero attached hydrogens (tertiary/aromatic N) is 2. The molecular weight excluding hydrogens is 236 g/mol. The molecule has 0 heterocycles. The number of hydrogen-bond acceptors (Lipinski definition) is 3. The van der Waals surface area contributed by atoms with E-state index in [9.17, 15) is 8.42 Å². The first-order valence-corrected chi connectivity index (χ1v) is 7.94. The summed E-state index contributed by atoms with van der Waals surface area (Å²) in [6.07, 6.45) is 5.53. The highest BCUT2D eigenvalue weighted by Gasteiger charge is 2.28. The van der Waals surface area contributed by atoms with Crippen molar-refractivity contribution in [2.45, 2.75) is 52.0 Å². The Hall–Kier alpha value is -0.600. The van der Waals surface area contributed by atoms with Crippen molar-refractivity contribution >= 4 is 10.0 Å². The molecule has 98 valence electrons. The van der Waals surface area contributed by atoms with Crippen LogP contribution in [0.15, 0.2) is 0 Å². The lowest BCUT2D eigenvalue weighted by Crippen LogP contribution is -2.40. The molecule has 1 aliphatic rings. The molecule has 0 spiro atoms. The van der Waals surface area contributed by atoms with Gasteiger partial charge in [0.15, 0.2) is 0 Å². The van der Waals surface area contributed by atoms with Crippen molar-refractivity contribution in [1.29, 1.82) is 5.26 Å². The largest absolute Gasteiger partial charge is 0.215 e. The summed E-state index contributed by atoms with van der Waals surface area (Å²) in [6, 6.07) is 1.80. The maximum absolute atomic E-state index is 12.2. The van der Waals surface area contributed by atoms with E-state index in [1.807, 2.05) is 19.9 Å². The predicted molar refractivity (Wildman–Crippen MR) is 67.8 cm³/mol. The van der Waals surface area contributed by atoms with E-state index in [4.69, 9.17) is 5.26 Å². The van der Waals surface area contributed by atoms with Crippen LogP contribution < -0.4 is 0 Å². The maximum atomic E-state index is 12.2. The van der Waals surface area contributed by atoms with Gasteiger partial charge >= 0.3 is 0 Å². The van der Waals surface area contributed by atoms with Crippen molar-refractivity contribution in [2.75, 3.05) is 12.3 Å². The summed E-state index contributed by atoms with van der Waals surface area (Å²) in [6.45, 7) is 3.60. The molecule has 0 aromatic heterocycles. The topological polar surface area (TPSA) is 61.2 Å². The minimum Gasteiger partial charge on any atom is -0.212 e. The summed E-state index contributed by atoms with van der Waals surface area (Å²) < 4.78 is 25.7. The molecule has 4 nitrogen and oxygen atoms in total. The van der Waals surface area contributed by atoms with Gasteiger partial charge in [-0.15, -0.1) is 0 Å². The van der Waals surface area contributed by atoms with E-state index in [0.717, 1.165) is 25.7 Å². The number of nitriles is 1. The number of sulfonamides is 1. The molecule has 0 N–H and O–H groups in total. The van der Waals surface area contributed by atoms with Gasteiger partial charge in [0.2, 0.25) is 10.0 Å². The van der Waals surface area contributed by atoms with Gasteiger partial charge in [-0.25, -0.2) is 8.42 Å². The van der Waals surface area contributed by atoms with E-state index in [-0.39, 0.29) is 24.3 Å². The molecule has 0 aromatic rings. The van der Waals surface area contributed by atoms with Crippen molar-refractivity contribution in [3.05, 3.63) is 0 Å². The Kier molecular flexibility index (Phi) is 5.41. The van der Waals surface area contributed by atoms with Crippen molar-refractivity contribution in [3.63, 3.8) is 0 Å². The standard InChI is InChI=1S/C12H22N2O2S/c1-11(2)14(9-8-13)17(15,16)10-12-6-4-3-5-7-12/h11-12H,3-7,9-10H2,1-2H3. The van der Waals surface area contributed by atoms with Gasteiger partial charge in [0.05, 0.1) is 11.8 Å². The van der Waals surface area contributed by atoms with Gasteiger partial charge in [0.25, 0.3) is 0 Å². The zero-order valence-corrected chi connectivity index (χ0v) is 11.5. The lowest BCUT2D eigenvalue weighted by molar-refractivity contribution is 0.355. The fraction of sp³-hybridized carbons (Fsp3) is 0.917. The molecule has 1 saturated carbocycles. The van der Waals surface area contributed by atoms with Crippen LogP contribution in [-0.2, 0) is 10.0 Å². The molecule has 17 heavy (non-hydrogen) atoms. The fourth-order valence-corrected chi connectivity index (χ4v) is 4.44. The molecule has 0 bridgehead atoms. The lowest BCUT2D eigenvalue weighted by Gasteiger charge is -2.27. The van der Waals surface area contributed by atoms with Crippen molar-refractivity contribution in [2.24, 2.45) is 5.92 Å². The van der Waals surface area contributed by atoms with Gasteiger partial charge in [-0.1, -0.05) is 19.3 Å². The molecule has 5 heteroatoms. The average molecular weight is 258 g/mol. The number of rotatable bonds is 5. The molecule has 0 aliphatic heterocycles. The Bertz CT molecular complexity index is 364. The number of hydrogen-bond donors (Lipinski definition) is 0. The van der Waals surface area contributed by atoms with Gasteiger partial charge in [-0.2, -0.15) is 9.57 Å². The molecule has 1 rings (SSSR count). The minimum atomic E-state index is -3.27. The predicted octanol–water partition coefficient (Wildman–Crippen LogP) is 2.13. The normalized spacial score (nSPS) is 18.5. The molecule has 0 saturated heterocycles. The van der Waals surface area contributed by atoms with Gasteiger partial charge in [0.1, 0.15) is 6.54 Å². The first-order chi connectivity index (χ1) is 7.97. The molecule has 0 unspecified atom stereocenters. The van der Waals surface area contributed by atoms with Gasteiger partial charge in [-0.05, 0) is 32.6 Å². The Morgan fingerprint density at radius 1 is 1.29 bits per heavy atom. The summed E-state index contributed by atoms with van der Waals surface area (Å²) in [5.74, 6) is 0.501. The van der Waals surface area contributed by atoms with E-state index in [1.54, 1.807) is 0 Å². The first-order valence-electron chi connectivity index (χ1n) is 6.34. The summed E-state index contributed by atoms with van der Waals surface area (Å²) in [7, 11) is -3.27. The molecule has 1 fully saturated rings. The van der Waals surface area contributed by atoms with Crippen LogP contribution in [0, 0.1) is 17.2 Å². The average Bonchev–Trinajstić information content (AvgIpc) is 2.26. The summed E-state index contributed by atoms with van der Waals surface area (Å²) in [5, 5.41) is 8.70. The quantitative estimate of drug-likeness (QED) is 0.710. The van der Waals surface area contributed by atoms with Crippen molar-refractivity contribution in [1.82, 2.24) is 4.31 Å². The van der Waals surface area contributed by atoms with Crippen molar-refractivity contribution < 1.29 is 8.42 Å². The summed E-state index contributed by atoms with van der Waals surface area (Å²) >= 11 is 0. The van der Waals surface area contributed by atoms with Crippen LogP contribution in [0.1, 0.15) is 46.0 Å². The second-order valence-electron chi connectivity index (χ2n) is 5.08. The molecule has 1 aliphatic carbocycles. The van der Waals surface area contributed by atoms with Crippen LogP contribution >= 0.6 is 0 Å². The van der Waals surface area contributed by atoms with Crippen LogP contribution in [0.25, 0.3) is 0 Å². The molecular formula is C12H22N2O2S. The van der Waals surface area contributed by atoms with E-state index < -0.39 is 10.0 Å². The smallest absolute Gasteiger partial charge is 0.212 e. The van der Waals surface area contributed by atoms with E-state index in [1.165, 1.54) is 10.7 Å². The Morgan fingerprint density at radius 3 is 2.35 bits per heavy atom. The lowest BCUT2D eigenvalue weighted by atomic mass is 9.91. The fourth-order valence-electron chi connectivity index (χ4n) is 2.42. The highest BCUT2D eigenvalue weighted by molar-refractivity contribution is 7.89. The van der Waals surface area contributed by atoms with E-state index >= 15 is 0 Å². The highest BCUT2D eigenvalue weighted by atomic mass is 32.2. The van der Waals surface area contributed by atoms with Gasteiger partial charge in [-0.3, -0.25) is 0 Å². The second kappa shape index (κ2) is 6.36. The SMILES string of the molecule is CC(C)N(CC#N)S(=O)(=O)CC1CCCCC1. The van der Waals surface area contributed by atoms with Crippen LogP contribution in [0.5, 0.6) is 0 Å². The van der Waals surface area contributed by atoms with Gasteiger partial charge in [0, 0.05) is 6.04 Å². The van der Waals surface area contributed by atoms with Crippen LogP contribution in [0.3, 0.4) is 0 Å². The maximum Gasteiger partial charge on any atom is 0.215 e. The van der Waals surface area contributed by atoms with E-state index in [2.05, 4.69) is 0 Å². The molecule has 0 amide bonds. The van der Waals surface area contributed by atoms with E-state index in [0.29, 0.717) is 0 Å². The monoisotopic (exact) mass is 258 g/mol. The zero-order valence-electron chi connectivity index (χ0n) is 10.7. The third kappa shape index (κ3) is 4.29. The zero-order chi connectivity index (χ0) is 12.9. The van der Waals surface area contributed by atoms with Crippen molar-refractivity contribution in [3.8, 4) is 6.07 Å².